The lowest BCUT2D eigenvalue weighted by Crippen LogP contribution is -2.61. The Morgan fingerprint density at radius 3 is 1.82 bits per heavy atom. The summed E-state index contributed by atoms with van der Waals surface area (Å²) in [6.45, 7) is 3.25. The highest BCUT2D eigenvalue weighted by Gasteiger charge is 2.40. The molecule has 16 N–H and O–H groups in total. The van der Waals surface area contributed by atoms with Gasteiger partial charge in [0.15, 0.2) is 5.96 Å². The lowest BCUT2D eigenvalue weighted by molar-refractivity contribution is -0.142. The van der Waals surface area contributed by atoms with Gasteiger partial charge in [-0.1, -0.05) is 56.3 Å². The van der Waals surface area contributed by atoms with Crippen LogP contribution in [0.1, 0.15) is 69.9 Å². The van der Waals surface area contributed by atoms with Crippen LogP contribution in [0.4, 0.5) is 0 Å². The van der Waals surface area contributed by atoms with Gasteiger partial charge in [-0.25, -0.2) is 0 Å². The monoisotopic (exact) mass is 1060 g/mol. The van der Waals surface area contributed by atoms with Crippen molar-refractivity contribution in [3.63, 3.8) is 0 Å². The Labute approximate surface area is 434 Å². The van der Waals surface area contributed by atoms with Crippen molar-refractivity contribution in [3.05, 3.63) is 65.7 Å². The molecule has 10 amide bonds. The fourth-order valence-electron chi connectivity index (χ4n) is 7.73. The zero-order chi connectivity index (χ0) is 54.2. The predicted octanol–water partition coefficient (Wildman–Crippen LogP) is -3.10. The van der Waals surface area contributed by atoms with Crippen LogP contribution in [0, 0.1) is 5.92 Å². The molecule has 24 nitrogen and oxygen atoms in total. The first-order valence-corrected chi connectivity index (χ1v) is 24.9. The number of amides is 10. The molecule has 73 heavy (non-hydrogen) atoms. The number of guanidine groups is 1. The number of likely N-dealkylation sites (tertiary alicyclic amines) is 1. The number of benzene rings is 2. The van der Waals surface area contributed by atoms with Crippen molar-refractivity contribution in [3.8, 4) is 5.75 Å². The molecule has 0 aromatic heterocycles. The smallest absolute Gasteiger partial charge is 0.246 e. The van der Waals surface area contributed by atoms with Gasteiger partial charge in [0.25, 0.3) is 0 Å². The summed E-state index contributed by atoms with van der Waals surface area (Å²) in [6, 6.07) is 5.51. The Hall–Kier alpha value is -7.09. The van der Waals surface area contributed by atoms with Gasteiger partial charge in [0.05, 0.1) is 13.0 Å². The molecule has 0 saturated carbocycles. The van der Waals surface area contributed by atoms with E-state index in [-0.39, 0.29) is 87.2 Å². The zero-order valence-corrected chi connectivity index (χ0v) is 42.6. The fraction of sp³-hybridized carbons (Fsp3) is 0.511. The van der Waals surface area contributed by atoms with Crippen LogP contribution in [0.2, 0.25) is 0 Å². The Morgan fingerprint density at radius 2 is 1.25 bits per heavy atom. The lowest BCUT2D eigenvalue weighted by atomic mass is 9.99. The van der Waals surface area contributed by atoms with Gasteiger partial charge >= 0.3 is 0 Å². The molecular weight excluding hydrogens is 987 g/mol. The maximum absolute atomic E-state index is 14.3. The second-order valence-electron chi connectivity index (χ2n) is 17.8. The van der Waals surface area contributed by atoms with E-state index >= 15 is 0 Å². The third kappa shape index (κ3) is 21.3. The number of primary amides is 2. The van der Waals surface area contributed by atoms with E-state index in [0.29, 0.717) is 17.5 Å². The SMILES string of the molecule is CC(C)C[C@H](NC(=O)[C@H](Cc1ccccc1)NC(=O)[C@H](Cc1ccc(O)cc1)NC(=O)CCS)C(=O)N[C@@H](CC(N)=O)C(=O)N[C@@H](CS)C(=O)N1CCC[C@H]1C(=O)N[C@@H](CCCN=C(N)N)C(=O)NCC(N)=O. The molecule has 0 unspecified atom stereocenters. The number of nitrogens with zero attached hydrogens (tertiary/aromatic N) is 2. The third-order valence-corrected chi connectivity index (χ3v) is 11.9. The van der Waals surface area contributed by atoms with Gasteiger partial charge in [-0.15, -0.1) is 0 Å². The van der Waals surface area contributed by atoms with Crippen LogP contribution in [0.3, 0.4) is 0 Å². The molecule has 400 valence electrons. The van der Waals surface area contributed by atoms with Gasteiger partial charge in [0.2, 0.25) is 59.1 Å². The summed E-state index contributed by atoms with van der Waals surface area (Å²) in [5.41, 5.74) is 22.7. The summed E-state index contributed by atoms with van der Waals surface area (Å²) in [7, 11) is 0. The minimum atomic E-state index is -1.68. The van der Waals surface area contributed by atoms with E-state index in [4.69, 9.17) is 22.9 Å². The molecule has 1 aliphatic heterocycles. The Bertz CT molecular complexity index is 2270. The van der Waals surface area contributed by atoms with Gasteiger partial charge in [-0.05, 0) is 67.0 Å². The predicted molar refractivity (Wildman–Crippen MR) is 276 cm³/mol. The second kappa shape index (κ2) is 30.7. The molecule has 0 spiro atoms. The van der Waals surface area contributed by atoms with Gasteiger partial charge in [0, 0.05) is 38.1 Å². The van der Waals surface area contributed by atoms with E-state index in [9.17, 15) is 53.1 Å². The van der Waals surface area contributed by atoms with Crippen molar-refractivity contribution in [1.82, 2.24) is 42.1 Å². The number of rotatable bonds is 30. The highest BCUT2D eigenvalue weighted by Crippen LogP contribution is 2.20. The maximum atomic E-state index is 14.3. The van der Waals surface area contributed by atoms with Crippen LogP contribution in [0.5, 0.6) is 5.75 Å². The first-order valence-electron chi connectivity index (χ1n) is 23.7. The molecule has 1 fully saturated rings. The zero-order valence-electron chi connectivity index (χ0n) is 40.8. The normalized spacial score (nSPS) is 15.5. The van der Waals surface area contributed by atoms with Crippen molar-refractivity contribution in [2.24, 2.45) is 33.8 Å². The summed E-state index contributed by atoms with van der Waals surface area (Å²) in [4.78, 5) is 139. The second-order valence-corrected chi connectivity index (χ2v) is 18.6. The lowest BCUT2D eigenvalue weighted by Gasteiger charge is -2.30. The molecule has 2 aromatic rings. The average Bonchev–Trinajstić information content (AvgIpc) is 3.83. The minimum absolute atomic E-state index is 0.00312. The number of aliphatic imine (C=N–C) groups is 1. The van der Waals surface area contributed by atoms with Gasteiger partial charge in [-0.3, -0.25) is 52.9 Å². The molecule has 1 aliphatic rings. The van der Waals surface area contributed by atoms with Crippen LogP contribution in [-0.4, -0.2) is 148 Å². The standard InChI is InChI=1S/C47H69N13O11S2/c1-26(2)20-31(56-43(68)33(21-27-8-4-3-5-9-27)57-42(67)32(54-39(64)16-19-72)22-28-12-14-29(61)15-13-28)41(66)58-34(23-37(48)62)44(69)59-35(25-73)46(71)60-18-7-11-36(60)45(70)55-30(10-6-17-52-47(50)51)40(65)53-24-38(49)63/h3-5,8-9,12-15,26,30-36,61,72-73H,6-7,10-11,16-25H2,1-2H3,(H2,48,62)(H2,49,63)(H,53,65)(H,54,64)(H,55,70)(H,56,68)(H,57,67)(H,58,66)(H,59,69)(H4,50,51,52)/t30-,31-,32-,33-,34-,35-,36-/m0/s1. The van der Waals surface area contributed by atoms with Gasteiger partial charge < -0.3 is 70.2 Å². The summed E-state index contributed by atoms with van der Waals surface area (Å²) >= 11 is 8.39. The number of nitrogens with one attached hydrogen (secondary N) is 7. The van der Waals surface area contributed by atoms with Gasteiger partial charge in [0.1, 0.15) is 48.0 Å². The molecule has 3 rings (SSSR count). The molecule has 0 aliphatic carbocycles. The van der Waals surface area contributed by atoms with Crippen LogP contribution in [-0.2, 0) is 60.8 Å². The molecule has 2 aromatic carbocycles. The van der Waals surface area contributed by atoms with E-state index in [2.05, 4.69) is 67.5 Å². The average molecular weight is 1060 g/mol. The summed E-state index contributed by atoms with van der Waals surface area (Å²) in [5.74, 6) is -8.43. The highest BCUT2D eigenvalue weighted by atomic mass is 32.1. The topological polar surface area (TPSA) is 395 Å². The van der Waals surface area contributed by atoms with Crippen molar-refractivity contribution >= 4 is 90.3 Å². The number of phenols is 1. The number of hydrogen-bond acceptors (Lipinski definition) is 14. The van der Waals surface area contributed by atoms with Crippen LogP contribution < -0.4 is 60.2 Å². The Balaban J connectivity index is 1.83. The molecular formula is C47H69N13O11S2. The Morgan fingerprint density at radius 1 is 0.685 bits per heavy atom. The van der Waals surface area contributed by atoms with Gasteiger partial charge in [-0.2, -0.15) is 25.3 Å². The number of phenolic OH excluding ortho intramolecular Hbond substituents is 1. The number of hydrogen-bond donors (Lipinski definition) is 14. The largest absolute Gasteiger partial charge is 0.508 e. The quantitative estimate of drug-likeness (QED) is 0.0160. The fourth-order valence-corrected chi connectivity index (χ4v) is 8.18. The number of nitrogens with two attached hydrogens (primary N) is 4. The van der Waals surface area contributed by atoms with E-state index in [1.165, 1.54) is 17.0 Å². The van der Waals surface area contributed by atoms with E-state index in [1.54, 1.807) is 56.3 Å². The number of carbonyl (C=O) groups excluding carboxylic acids is 10. The molecule has 1 saturated heterocycles. The summed E-state index contributed by atoms with van der Waals surface area (Å²) in [6.07, 6.45) is 0.0531. The molecule has 7 atom stereocenters. The molecule has 0 bridgehead atoms. The summed E-state index contributed by atoms with van der Waals surface area (Å²) < 4.78 is 0. The van der Waals surface area contributed by atoms with E-state index < -0.39 is 114 Å². The van der Waals surface area contributed by atoms with Crippen LogP contribution in [0.25, 0.3) is 0 Å². The van der Waals surface area contributed by atoms with Crippen LogP contribution >= 0.6 is 25.3 Å². The number of carbonyl (C=O) groups is 10. The first kappa shape index (κ1) is 60.2. The maximum Gasteiger partial charge on any atom is 0.246 e. The number of thiol groups is 2. The van der Waals surface area contributed by atoms with Crippen molar-refractivity contribution < 1.29 is 53.1 Å². The highest BCUT2D eigenvalue weighted by molar-refractivity contribution is 7.80. The van der Waals surface area contributed by atoms with Crippen molar-refractivity contribution in [2.75, 3.05) is 31.1 Å². The Kier molecular flexibility index (Phi) is 25.3. The van der Waals surface area contributed by atoms with Crippen molar-refractivity contribution in [1.29, 1.82) is 0 Å². The molecule has 0 radical (unpaired) electrons. The third-order valence-electron chi connectivity index (χ3n) is 11.3. The van der Waals surface area contributed by atoms with Crippen LogP contribution in [0.15, 0.2) is 59.6 Å². The minimum Gasteiger partial charge on any atom is -0.508 e. The first-order chi connectivity index (χ1) is 34.6. The summed E-state index contributed by atoms with van der Waals surface area (Å²) in [5, 5.41) is 27.9. The van der Waals surface area contributed by atoms with E-state index in [0.717, 1.165) is 0 Å². The molecule has 1 heterocycles. The molecule has 26 heteroatoms. The van der Waals surface area contributed by atoms with E-state index in [1.807, 2.05) is 0 Å². The number of aromatic hydroxyl groups is 1. The van der Waals surface area contributed by atoms with Crippen molar-refractivity contribution in [2.45, 2.75) is 114 Å².